The van der Waals surface area contributed by atoms with Gasteiger partial charge in [-0.25, -0.2) is 0 Å². The number of nitrogens with two attached hydrogens (primary N) is 1. The van der Waals surface area contributed by atoms with Crippen LogP contribution < -0.4 is 5.73 Å². The van der Waals surface area contributed by atoms with Crippen LogP contribution >= 0.6 is 0 Å². The second-order valence-electron chi connectivity index (χ2n) is 4.12. The van der Waals surface area contributed by atoms with Crippen molar-refractivity contribution in [2.24, 2.45) is 11.1 Å². The van der Waals surface area contributed by atoms with Gasteiger partial charge in [0.05, 0.1) is 19.3 Å². The molecule has 0 bridgehead atoms. The third-order valence-corrected chi connectivity index (χ3v) is 1.63. The molecule has 0 saturated carbocycles. The Balaban J connectivity index is 2.39. The zero-order valence-electron chi connectivity index (χ0n) is 7.46. The van der Waals surface area contributed by atoms with E-state index >= 15 is 0 Å². The molecular formula is C8H17NO2. The smallest absolute Gasteiger partial charge is 0.162 e. The Morgan fingerprint density at radius 1 is 1.18 bits per heavy atom. The first-order valence-electron chi connectivity index (χ1n) is 3.99. The van der Waals surface area contributed by atoms with E-state index in [1.165, 1.54) is 0 Å². The van der Waals surface area contributed by atoms with Gasteiger partial charge in [-0.2, -0.15) is 0 Å². The van der Waals surface area contributed by atoms with Crippen LogP contribution in [0, 0.1) is 5.41 Å². The van der Waals surface area contributed by atoms with E-state index in [2.05, 4.69) is 20.8 Å². The fourth-order valence-corrected chi connectivity index (χ4v) is 1.02. The molecule has 1 fully saturated rings. The fraction of sp³-hybridized carbons (Fsp3) is 1.00. The Morgan fingerprint density at radius 2 is 1.64 bits per heavy atom. The molecule has 2 N–H and O–H groups in total. The standard InChI is InChI=1S/C8H17NO2/c1-8(2,3)7-10-4-6(9)5-11-7/h6-7H,4-5,9H2,1-3H3/t6-,7+. The normalized spacial score (nSPS) is 33.8. The quantitative estimate of drug-likeness (QED) is 0.566. The van der Waals surface area contributed by atoms with Crippen LogP contribution in [-0.2, 0) is 9.47 Å². The fourth-order valence-electron chi connectivity index (χ4n) is 1.02. The van der Waals surface area contributed by atoms with E-state index in [-0.39, 0.29) is 17.7 Å². The van der Waals surface area contributed by atoms with E-state index in [1.54, 1.807) is 0 Å². The lowest BCUT2D eigenvalue weighted by Crippen LogP contribution is -2.45. The molecule has 0 aromatic rings. The van der Waals surface area contributed by atoms with Crippen molar-refractivity contribution < 1.29 is 9.47 Å². The third kappa shape index (κ3) is 2.43. The van der Waals surface area contributed by atoms with Gasteiger partial charge in [0.1, 0.15) is 0 Å². The first-order chi connectivity index (χ1) is 5.00. The van der Waals surface area contributed by atoms with Crippen LogP contribution in [0.5, 0.6) is 0 Å². The summed E-state index contributed by atoms with van der Waals surface area (Å²) in [5.41, 5.74) is 5.65. The van der Waals surface area contributed by atoms with Crippen LogP contribution in [0.2, 0.25) is 0 Å². The minimum atomic E-state index is -0.0951. The summed E-state index contributed by atoms with van der Waals surface area (Å²) in [7, 11) is 0. The summed E-state index contributed by atoms with van der Waals surface area (Å²) in [6, 6.07) is 0.0496. The average Bonchev–Trinajstić information content (AvgIpc) is 1.86. The summed E-state index contributed by atoms with van der Waals surface area (Å²) in [4.78, 5) is 0. The van der Waals surface area contributed by atoms with E-state index in [9.17, 15) is 0 Å². The second-order valence-corrected chi connectivity index (χ2v) is 4.12. The maximum atomic E-state index is 5.59. The lowest BCUT2D eigenvalue weighted by Gasteiger charge is -2.35. The minimum absolute atomic E-state index is 0.0496. The minimum Gasteiger partial charge on any atom is -0.350 e. The van der Waals surface area contributed by atoms with Crippen LogP contribution in [0.25, 0.3) is 0 Å². The summed E-state index contributed by atoms with van der Waals surface area (Å²) >= 11 is 0. The molecule has 0 aliphatic carbocycles. The first kappa shape index (κ1) is 8.97. The summed E-state index contributed by atoms with van der Waals surface area (Å²) in [6.07, 6.45) is -0.0951. The van der Waals surface area contributed by atoms with E-state index in [0.717, 1.165) is 0 Å². The molecule has 0 unspecified atom stereocenters. The SMILES string of the molecule is CC(C)(C)[C@H]1OC[C@@H](N)CO1. The number of ether oxygens (including phenoxy) is 2. The van der Waals surface area contributed by atoms with Crippen molar-refractivity contribution in [2.75, 3.05) is 13.2 Å². The molecule has 1 aliphatic rings. The van der Waals surface area contributed by atoms with Crippen LogP contribution in [0.1, 0.15) is 20.8 Å². The highest BCUT2D eigenvalue weighted by Crippen LogP contribution is 2.25. The molecular weight excluding hydrogens is 142 g/mol. The van der Waals surface area contributed by atoms with Crippen LogP contribution in [0.15, 0.2) is 0 Å². The van der Waals surface area contributed by atoms with Gasteiger partial charge in [-0.15, -0.1) is 0 Å². The predicted molar refractivity (Wildman–Crippen MR) is 43.1 cm³/mol. The average molecular weight is 159 g/mol. The Bertz CT molecular complexity index is 123. The molecule has 0 amide bonds. The second kappa shape index (κ2) is 3.09. The van der Waals surface area contributed by atoms with E-state index in [0.29, 0.717) is 13.2 Å². The van der Waals surface area contributed by atoms with Crippen LogP contribution in [0.4, 0.5) is 0 Å². The maximum Gasteiger partial charge on any atom is 0.162 e. The number of hydrogen-bond donors (Lipinski definition) is 1. The lowest BCUT2D eigenvalue weighted by atomic mass is 9.95. The Kier molecular flexibility index (Phi) is 2.52. The van der Waals surface area contributed by atoms with Gasteiger partial charge >= 0.3 is 0 Å². The Hall–Kier alpha value is -0.120. The van der Waals surface area contributed by atoms with Crippen molar-refractivity contribution in [1.29, 1.82) is 0 Å². The number of hydrogen-bond acceptors (Lipinski definition) is 3. The first-order valence-corrected chi connectivity index (χ1v) is 3.99. The molecule has 1 saturated heterocycles. The molecule has 1 heterocycles. The van der Waals surface area contributed by atoms with Gasteiger partial charge in [0.2, 0.25) is 0 Å². The van der Waals surface area contributed by atoms with E-state index in [4.69, 9.17) is 15.2 Å². The monoisotopic (exact) mass is 159 g/mol. The molecule has 1 rings (SSSR count). The molecule has 0 atom stereocenters. The lowest BCUT2D eigenvalue weighted by molar-refractivity contribution is -0.229. The maximum absolute atomic E-state index is 5.59. The van der Waals surface area contributed by atoms with Crippen LogP contribution in [0.3, 0.4) is 0 Å². The van der Waals surface area contributed by atoms with Gasteiger partial charge < -0.3 is 15.2 Å². The van der Waals surface area contributed by atoms with Crippen LogP contribution in [-0.4, -0.2) is 25.5 Å². The van der Waals surface area contributed by atoms with Crippen molar-refractivity contribution >= 4 is 0 Å². The van der Waals surface area contributed by atoms with Crippen molar-refractivity contribution in [2.45, 2.75) is 33.1 Å². The number of rotatable bonds is 0. The van der Waals surface area contributed by atoms with E-state index < -0.39 is 0 Å². The summed E-state index contributed by atoms with van der Waals surface area (Å²) in [5.74, 6) is 0. The van der Waals surface area contributed by atoms with Crippen molar-refractivity contribution in [3.8, 4) is 0 Å². The molecule has 11 heavy (non-hydrogen) atoms. The largest absolute Gasteiger partial charge is 0.350 e. The molecule has 1 aliphatic heterocycles. The molecule has 0 aromatic heterocycles. The molecule has 3 nitrogen and oxygen atoms in total. The van der Waals surface area contributed by atoms with Crippen molar-refractivity contribution in [3.05, 3.63) is 0 Å². The highest BCUT2D eigenvalue weighted by Gasteiger charge is 2.30. The topological polar surface area (TPSA) is 44.5 Å². The molecule has 3 heteroatoms. The highest BCUT2D eigenvalue weighted by atomic mass is 16.7. The molecule has 0 aromatic carbocycles. The molecule has 0 spiro atoms. The van der Waals surface area contributed by atoms with Gasteiger partial charge in [-0.1, -0.05) is 20.8 Å². The van der Waals surface area contributed by atoms with Gasteiger partial charge in [-0.05, 0) is 0 Å². The zero-order valence-corrected chi connectivity index (χ0v) is 7.46. The third-order valence-electron chi connectivity index (χ3n) is 1.63. The Morgan fingerprint density at radius 3 is 2.00 bits per heavy atom. The highest BCUT2D eigenvalue weighted by molar-refractivity contribution is 4.72. The van der Waals surface area contributed by atoms with Gasteiger partial charge in [0.25, 0.3) is 0 Å². The summed E-state index contributed by atoms with van der Waals surface area (Å²) < 4.78 is 10.8. The molecule has 66 valence electrons. The Labute approximate surface area is 67.9 Å². The zero-order chi connectivity index (χ0) is 8.48. The summed E-state index contributed by atoms with van der Waals surface area (Å²) in [6.45, 7) is 7.50. The predicted octanol–water partition coefficient (Wildman–Crippen LogP) is 0.733. The van der Waals surface area contributed by atoms with Gasteiger partial charge in [0, 0.05) is 5.41 Å². The van der Waals surface area contributed by atoms with Gasteiger partial charge in [0.15, 0.2) is 6.29 Å². The van der Waals surface area contributed by atoms with E-state index in [1.807, 2.05) is 0 Å². The summed E-state index contributed by atoms with van der Waals surface area (Å²) in [5, 5.41) is 0. The van der Waals surface area contributed by atoms with Crippen molar-refractivity contribution in [1.82, 2.24) is 0 Å². The van der Waals surface area contributed by atoms with Gasteiger partial charge in [-0.3, -0.25) is 0 Å². The molecule has 0 radical (unpaired) electrons. The van der Waals surface area contributed by atoms with Crippen molar-refractivity contribution in [3.63, 3.8) is 0 Å².